The Morgan fingerprint density at radius 3 is 2.29 bits per heavy atom. The molecular weight excluding hydrogens is 323 g/mol. The first kappa shape index (κ1) is 20.0. The molecule has 0 unspecified atom stereocenters. The molecule has 8 heteroatoms. The van der Waals surface area contributed by atoms with Crippen LogP contribution in [0.4, 0.5) is 18.9 Å². The molecule has 2 N–H and O–H groups in total. The molecule has 0 aliphatic carbocycles. The summed E-state index contributed by atoms with van der Waals surface area (Å²) < 4.78 is 38.6. The minimum atomic E-state index is -4.55. The average molecular weight is 345 g/mol. The van der Waals surface area contributed by atoms with Crippen molar-refractivity contribution in [2.75, 3.05) is 32.0 Å². The Bertz CT molecular complexity index is 574. The van der Waals surface area contributed by atoms with Crippen molar-refractivity contribution in [2.45, 2.75) is 20.0 Å². The number of para-hydroxylation sites is 1. The molecule has 1 rings (SSSR count). The second-order valence-electron chi connectivity index (χ2n) is 5.96. The fraction of sp³-hybridized carbons (Fsp3) is 0.500. The monoisotopic (exact) mass is 345 g/mol. The highest BCUT2D eigenvalue weighted by atomic mass is 19.4. The number of hydrogen-bond acceptors (Lipinski definition) is 3. The lowest BCUT2D eigenvalue weighted by molar-refractivity contribution is -0.137. The van der Waals surface area contributed by atoms with Crippen molar-refractivity contribution in [1.82, 2.24) is 10.2 Å². The van der Waals surface area contributed by atoms with Crippen LogP contribution in [-0.2, 0) is 15.8 Å². The van der Waals surface area contributed by atoms with Crippen LogP contribution in [0, 0.1) is 5.92 Å². The van der Waals surface area contributed by atoms with Crippen LogP contribution >= 0.6 is 0 Å². The minimum absolute atomic E-state index is 0.0128. The number of rotatable bonds is 7. The van der Waals surface area contributed by atoms with E-state index in [0.29, 0.717) is 12.5 Å². The Labute approximate surface area is 139 Å². The predicted molar refractivity (Wildman–Crippen MR) is 85.4 cm³/mol. The van der Waals surface area contributed by atoms with Gasteiger partial charge in [0.1, 0.15) is 0 Å². The fourth-order valence-electron chi connectivity index (χ4n) is 1.95. The van der Waals surface area contributed by atoms with Gasteiger partial charge in [-0.25, -0.2) is 0 Å². The normalized spacial score (nSPS) is 11.7. The van der Waals surface area contributed by atoms with Crippen LogP contribution in [0.2, 0.25) is 0 Å². The highest BCUT2D eigenvalue weighted by Gasteiger charge is 2.33. The molecule has 134 valence electrons. The van der Waals surface area contributed by atoms with Crippen molar-refractivity contribution in [2.24, 2.45) is 5.92 Å². The van der Waals surface area contributed by atoms with Gasteiger partial charge in [-0.3, -0.25) is 14.5 Å². The Balaban J connectivity index is 2.56. The van der Waals surface area contributed by atoms with Crippen molar-refractivity contribution in [1.29, 1.82) is 0 Å². The molecule has 0 aliphatic rings. The van der Waals surface area contributed by atoms with E-state index in [2.05, 4.69) is 10.6 Å². The molecule has 5 nitrogen and oxygen atoms in total. The van der Waals surface area contributed by atoms with Crippen molar-refractivity contribution < 1.29 is 22.8 Å². The quantitative estimate of drug-likeness (QED) is 0.797. The van der Waals surface area contributed by atoms with Crippen molar-refractivity contribution >= 4 is 17.5 Å². The summed E-state index contributed by atoms with van der Waals surface area (Å²) >= 11 is 0. The van der Waals surface area contributed by atoms with Gasteiger partial charge in [-0.15, -0.1) is 0 Å². The first-order valence-electron chi connectivity index (χ1n) is 7.51. The second-order valence-corrected chi connectivity index (χ2v) is 5.96. The highest BCUT2D eigenvalue weighted by molar-refractivity contribution is 5.93. The van der Waals surface area contributed by atoms with Crippen molar-refractivity contribution in [3.8, 4) is 0 Å². The number of carbonyl (C=O) groups excluding carboxylic acids is 2. The highest BCUT2D eigenvalue weighted by Crippen LogP contribution is 2.34. The largest absolute Gasteiger partial charge is 0.418 e. The Morgan fingerprint density at radius 2 is 1.71 bits per heavy atom. The Kier molecular flexibility index (Phi) is 7.21. The van der Waals surface area contributed by atoms with Gasteiger partial charge in [-0.05, 0) is 25.1 Å². The number of carbonyl (C=O) groups is 2. The van der Waals surface area contributed by atoms with E-state index in [4.69, 9.17) is 0 Å². The van der Waals surface area contributed by atoms with Gasteiger partial charge in [0.15, 0.2) is 0 Å². The molecule has 0 fully saturated rings. The molecular formula is C16H22F3N3O2. The lowest BCUT2D eigenvalue weighted by Crippen LogP contribution is -2.40. The van der Waals surface area contributed by atoms with E-state index in [9.17, 15) is 22.8 Å². The van der Waals surface area contributed by atoms with Crippen molar-refractivity contribution in [3.63, 3.8) is 0 Å². The molecule has 0 heterocycles. The molecule has 0 spiro atoms. The summed E-state index contributed by atoms with van der Waals surface area (Å²) in [6.07, 6.45) is -4.55. The van der Waals surface area contributed by atoms with Crippen LogP contribution in [0.25, 0.3) is 0 Å². The second kappa shape index (κ2) is 8.68. The SMILES string of the molecule is CC(C)CNC(=O)CN(C)CC(=O)Nc1ccccc1C(F)(F)F. The van der Waals surface area contributed by atoms with E-state index in [0.717, 1.165) is 6.07 Å². The lowest BCUT2D eigenvalue weighted by Gasteiger charge is -2.18. The maximum Gasteiger partial charge on any atom is 0.418 e. The molecule has 0 saturated carbocycles. The van der Waals surface area contributed by atoms with E-state index >= 15 is 0 Å². The van der Waals surface area contributed by atoms with Gasteiger partial charge in [-0.2, -0.15) is 13.2 Å². The predicted octanol–water partition coefficient (Wildman–Crippen LogP) is 2.35. The van der Waals surface area contributed by atoms with E-state index in [1.54, 1.807) is 7.05 Å². The zero-order valence-corrected chi connectivity index (χ0v) is 13.9. The van der Waals surface area contributed by atoms with Crippen LogP contribution in [0.1, 0.15) is 19.4 Å². The molecule has 24 heavy (non-hydrogen) atoms. The van der Waals surface area contributed by atoms with Crippen LogP contribution in [-0.4, -0.2) is 43.4 Å². The molecule has 1 aromatic carbocycles. The van der Waals surface area contributed by atoms with Crippen LogP contribution < -0.4 is 10.6 Å². The summed E-state index contributed by atoms with van der Waals surface area (Å²) in [6, 6.07) is 4.76. The molecule has 1 aromatic rings. The van der Waals surface area contributed by atoms with Gasteiger partial charge in [-0.1, -0.05) is 26.0 Å². The van der Waals surface area contributed by atoms with Crippen LogP contribution in [0.15, 0.2) is 24.3 Å². The third-order valence-electron chi connectivity index (χ3n) is 3.04. The first-order chi connectivity index (χ1) is 11.1. The van der Waals surface area contributed by atoms with Gasteiger partial charge < -0.3 is 10.6 Å². The van der Waals surface area contributed by atoms with Gasteiger partial charge >= 0.3 is 6.18 Å². The molecule has 0 radical (unpaired) electrons. The van der Waals surface area contributed by atoms with Crippen LogP contribution in [0.5, 0.6) is 0 Å². The summed E-state index contributed by atoms with van der Waals surface area (Å²) in [7, 11) is 1.55. The fourth-order valence-corrected chi connectivity index (χ4v) is 1.95. The number of halogens is 3. The van der Waals surface area contributed by atoms with Crippen LogP contribution in [0.3, 0.4) is 0 Å². The molecule has 0 aliphatic heterocycles. The number of nitrogens with zero attached hydrogens (tertiary/aromatic N) is 1. The summed E-state index contributed by atoms with van der Waals surface area (Å²) in [5.74, 6) is -0.554. The topological polar surface area (TPSA) is 61.4 Å². The summed E-state index contributed by atoms with van der Waals surface area (Å²) in [4.78, 5) is 25.0. The molecule has 0 atom stereocenters. The molecule has 0 bridgehead atoms. The standard InChI is InChI=1S/C16H22F3N3O2/c1-11(2)8-20-14(23)9-22(3)10-15(24)21-13-7-5-4-6-12(13)16(17,18)19/h4-7,11H,8-10H2,1-3H3,(H,20,23)(H,21,24). The molecule has 2 amide bonds. The molecule has 0 saturated heterocycles. The van der Waals surface area contributed by atoms with Gasteiger partial charge in [0.2, 0.25) is 11.8 Å². The first-order valence-corrected chi connectivity index (χ1v) is 7.51. The number of amides is 2. The van der Waals surface area contributed by atoms with E-state index < -0.39 is 17.6 Å². The number of anilines is 1. The van der Waals surface area contributed by atoms with Gasteiger partial charge in [0.05, 0.1) is 24.3 Å². The smallest absolute Gasteiger partial charge is 0.355 e. The maximum absolute atomic E-state index is 12.9. The minimum Gasteiger partial charge on any atom is -0.355 e. The van der Waals surface area contributed by atoms with Gasteiger partial charge in [0, 0.05) is 6.54 Å². The Morgan fingerprint density at radius 1 is 1.12 bits per heavy atom. The molecule has 0 aromatic heterocycles. The van der Waals surface area contributed by atoms with E-state index in [-0.39, 0.29) is 24.7 Å². The summed E-state index contributed by atoms with van der Waals surface area (Å²) in [6.45, 7) is 4.23. The average Bonchev–Trinajstić information content (AvgIpc) is 2.44. The third-order valence-corrected chi connectivity index (χ3v) is 3.04. The van der Waals surface area contributed by atoms with E-state index in [1.165, 1.54) is 23.1 Å². The Hall–Kier alpha value is -2.09. The summed E-state index contributed by atoms with van der Waals surface area (Å²) in [5.41, 5.74) is -1.21. The number of hydrogen-bond donors (Lipinski definition) is 2. The lowest BCUT2D eigenvalue weighted by atomic mass is 10.1. The number of alkyl halides is 3. The number of benzene rings is 1. The third kappa shape index (κ3) is 6.99. The van der Waals surface area contributed by atoms with Crippen molar-refractivity contribution in [3.05, 3.63) is 29.8 Å². The maximum atomic E-state index is 12.9. The number of likely N-dealkylation sites (N-methyl/N-ethyl adjacent to an activating group) is 1. The zero-order valence-electron chi connectivity index (χ0n) is 13.9. The summed E-state index contributed by atoms with van der Waals surface area (Å²) in [5, 5.41) is 4.94. The van der Waals surface area contributed by atoms with E-state index in [1.807, 2.05) is 13.8 Å². The van der Waals surface area contributed by atoms with Gasteiger partial charge in [0.25, 0.3) is 0 Å². The zero-order chi connectivity index (χ0) is 18.3. The number of nitrogens with one attached hydrogen (secondary N) is 2.